The number of aryl methyl sites for hydroxylation is 1. The van der Waals surface area contributed by atoms with Crippen LogP contribution in [0.25, 0.3) is 5.69 Å². The van der Waals surface area contributed by atoms with Gasteiger partial charge in [0.05, 0.1) is 17.6 Å². The van der Waals surface area contributed by atoms with Crippen molar-refractivity contribution in [3.63, 3.8) is 0 Å². The van der Waals surface area contributed by atoms with Crippen LogP contribution in [0, 0.1) is 12.3 Å². The van der Waals surface area contributed by atoms with E-state index in [0.717, 1.165) is 21.7 Å². The van der Waals surface area contributed by atoms with Crippen LogP contribution in [0.3, 0.4) is 0 Å². The van der Waals surface area contributed by atoms with E-state index in [1.807, 2.05) is 52.1 Å². The first-order valence-corrected chi connectivity index (χ1v) is 12.8. The molecule has 2 aromatic carbocycles. The largest absolute Gasteiger partial charge is 0.350 e. The molecule has 2 N–H and O–H groups in total. The van der Waals surface area contributed by atoms with Crippen LogP contribution < -0.4 is 10.6 Å². The first-order valence-electron chi connectivity index (χ1n) is 11.6. The number of hydrogen-bond donors (Lipinski definition) is 2. The summed E-state index contributed by atoms with van der Waals surface area (Å²) in [5, 5.41) is 14.1. The highest BCUT2D eigenvalue weighted by Gasteiger charge is 2.19. The van der Waals surface area contributed by atoms with Gasteiger partial charge in [-0.2, -0.15) is 0 Å². The molecule has 0 saturated heterocycles. The maximum Gasteiger partial charge on any atom is 0.273 e. The van der Waals surface area contributed by atoms with Crippen LogP contribution in [0.1, 0.15) is 73.5 Å². The quantitative estimate of drug-likeness (QED) is 0.435. The topological polar surface area (TPSA) is 88.9 Å². The van der Waals surface area contributed by atoms with Gasteiger partial charge in [0.25, 0.3) is 11.8 Å². The molecule has 3 rings (SSSR count). The van der Waals surface area contributed by atoms with Crippen molar-refractivity contribution >= 4 is 29.3 Å². The highest BCUT2D eigenvalue weighted by molar-refractivity contribution is 7.98. The summed E-state index contributed by atoms with van der Waals surface area (Å²) in [6.07, 6.45) is 3.58. The minimum absolute atomic E-state index is 0.0303. The second kappa shape index (κ2) is 10.2. The number of anilines is 1. The van der Waals surface area contributed by atoms with E-state index in [0.29, 0.717) is 17.8 Å². The molecule has 0 saturated carbocycles. The minimum Gasteiger partial charge on any atom is -0.350 e. The highest BCUT2D eigenvalue weighted by atomic mass is 32.2. The number of carbonyl (C=O) groups is 2. The van der Waals surface area contributed by atoms with Crippen molar-refractivity contribution in [2.45, 2.75) is 58.8 Å². The van der Waals surface area contributed by atoms with Gasteiger partial charge in [-0.3, -0.25) is 9.59 Å². The lowest BCUT2D eigenvalue weighted by Crippen LogP contribution is -2.32. The number of rotatable bonds is 6. The van der Waals surface area contributed by atoms with E-state index in [2.05, 4.69) is 47.8 Å². The number of hydrogen-bond acceptors (Lipinski definition) is 5. The van der Waals surface area contributed by atoms with Crippen molar-refractivity contribution in [1.29, 1.82) is 0 Å². The Hall–Kier alpha value is -3.13. The number of benzene rings is 2. The molecule has 1 heterocycles. The number of aromatic nitrogens is 3. The van der Waals surface area contributed by atoms with Crippen molar-refractivity contribution in [2.24, 2.45) is 5.41 Å². The molecule has 0 radical (unpaired) electrons. The highest BCUT2D eigenvalue weighted by Crippen LogP contribution is 2.32. The molecule has 3 aromatic rings. The molecule has 186 valence electrons. The van der Waals surface area contributed by atoms with Crippen molar-refractivity contribution in [3.8, 4) is 5.69 Å². The molecule has 0 spiro atoms. The van der Waals surface area contributed by atoms with E-state index in [1.54, 1.807) is 30.1 Å². The van der Waals surface area contributed by atoms with Crippen LogP contribution in [-0.4, -0.2) is 39.6 Å². The summed E-state index contributed by atoms with van der Waals surface area (Å²) in [7, 11) is 0. The van der Waals surface area contributed by atoms with E-state index < -0.39 is 0 Å². The molecule has 8 heteroatoms. The smallest absolute Gasteiger partial charge is 0.273 e. The fourth-order valence-corrected chi connectivity index (χ4v) is 3.92. The number of amides is 2. The normalized spacial score (nSPS) is 11.9. The van der Waals surface area contributed by atoms with Crippen LogP contribution in [0.5, 0.6) is 0 Å². The molecule has 1 aromatic heterocycles. The van der Waals surface area contributed by atoms with Crippen molar-refractivity contribution in [2.75, 3.05) is 18.1 Å². The molecular formula is C27H35N5O2S. The maximum absolute atomic E-state index is 13.2. The van der Waals surface area contributed by atoms with Crippen molar-refractivity contribution < 1.29 is 9.59 Å². The van der Waals surface area contributed by atoms with Gasteiger partial charge in [-0.05, 0) is 59.4 Å². The van der Waals surface area contributed by atoms with E-state index in [9.17, 15) is 9.59 Å². The van der Waals surface area contributed by atoms with E-state index >= 15 is 0 Å². The number of nitrogens with zero attached hydrogens (tertiary/aromatic N) is 3. The van der Waals surface area contributed by atoms with Crippen molar-refractivity contribution in [3.05, 3.63) is 65.0 Å². The number of carbonyl (C=O) groups excluding carboxylic acids is 2. The average molecular weight is 494 g/mol. The lowest BCUT2D eigenvalue weighted by atomic mass is 9.87. The Bertz CT molecular complexity index is 1240. The van der Waals surface area contributed by atoms with Gasteiger partial charge < -0.3 is 10.6 Å². The Morgan fingerprint density at radius 2 is 1.71 bits per heavy atom. The molecule has 35 heavy (non-hydrogen) atoms. The van der Waals surface area contributed by atoms with Gasteiger partial charge in [0.15, 0.2) is 5.69 Å². The third-order valence-electron chi connectivity index (χ3n) is 5.54. The zero-order valence-corrected chi connectivity index (χ0v) is 22.6. The standard InChI is InChI=1S/C27H35N5O2S/c1-17-9-10-18(24(33)29-20-14-19(27(5,6)7)11-12-23(20)35-8)13-22(17)32-15-21(30-31-32)25(34)28-16-26(2,3)4/h9-15H,16H2,1-8H3,(H,28,34)(H,29,33). The third-order valence-corrected chi connectivity index (χ3v) is 6.33. The summed E-state index contributed by atoms with van der Waals surface area (Å²) < 4.78 is 1.53. The third kappa shape index (κ3) is 6.72. The monoisotopic (exact) mass is 493 g/mol. The van der Waals surface area contributed by atoms with Gasteiger partial charge in [-0.1, -0.05) is 58.9 Å². The summed E-state index contributed by atoms with van der Waals surface area (Å²) in [4.78, 5) is 26.7. The van der Waals surface area contributed by atoms with E-state index in [1.165, 1.54) is 4.68 Å². The van der Waals surface area contributed by atoms with Crippen LogP contribution in [-0.2, 0) is 5.41 Å². The van der Waals surface area contributed by atoms with Gasteiger partial charge in [-0.25, -0.2) is 4.68 Å². The van der Waals surface area contributed by atoms with E-state index in [4.69, 9.17) is 0 Å². The lowest BCUT2D eigenvalue weighted by molar-refractivity contribution is 0.0933. The van der Waals surface area contributed by atoms with Gasteiger partial charge in [-0.15, -0.1) is 16.9 Å². The average Bonchev–Trinajstić information content (AvgIpc) is 3.26. The zero-order chi connectivity index (χ0) is 26.0. The van der Waals surface area contributed by atoms with E-state index in [-0.39, 0.29) is 28.3 Å². The first kappa shape index (κ1) is 26.5. The molecule has 7 nitrogen and oxygen atoms in total. The van der Waals surface area contributed by atoms with Crippen LogP contribution >= 0.6 is 11.8 Å². The predicted molar refractivity (Wildman–Crippen MR) is 143 cm³/mol. The molecule has 0 bridgehead atoms. The van der Waals surface area contributed by atoms with Gasteiger partial charge in [0.2, 0.25) is 0 Å². The van der Waals surface area contributed by atoms with Crippen LogP contribution in [0.15, 0.2) is 47.5 Å². The van der Waals surface area contributed by atoms with Crippen LogP contribution in [0.4, 0.5) is 5.69 Å². The number of thioether (sulfide) groups is 1. The summed E-state index contributed by atoms with van der Waals surface area (Å²) in [6, 6.07) is 11.6. The first-order chi connectivity index (χ1) is 16.3. The fourth-order valence-electron chi connectivity index (χ4n) is 3.39. The Balaban J connectivity index is 1.85. The predicted octanol–water partition coefficient (Wildman–Crippen LogP) is 5.62. The van der Waals surface area contributed by atoms with Gasteiger partial charge >= 0.3 is 0 Å². The van der Waals surface area contributed by atoms with Crippen molar-refractivity contribution in [1.82, 2.24) is 20.3 Å². The number of nitrogens with one attached hydrogen (secondary N) is 2. The second-order valence-electron chi connectivity index (χ2n) is 10.9. The molecule has 2 amide bonds. The summed E-state index contributed by atoms with van der Waals surface area (Å²) in [5.74, 6) is -0.489. The maximum atomic E-state index is 13.2. The molecule has 0 fully saturated rings. The minimum atomic E-state index is -0.277. The Labute approximate surface area is 212 Å². The summed E-state index contributed by atoms with van der Waals surface area (Å²) in [5.41, 5.74) is 4.19. The zero-order valence-electron chi connectivity index (χ0n) is 21.8. The Morgan fingerprint density at radius 3 is 2.34 bits per heavy atom. The summed E-state index contributed by atoms with van der Waals surface area (Å²) in [6.45, 7) is 15.0. The van der Waals surface area contributed by atoms with Gasteiger partial charge in [0.1, 0.15) is 0 Å². The Morgan fingerprint density at radius 1 is 1.00 bits per heavy atom. The molecule has 0 aliphatic heterocycles. The fraction of sp³-hybridized carbons (Fsp3) is 0.407. The molecular weight excluding hydrogens is 458 g/mol. The summed E-state index contributed by atoms with van der Waals surface area (Å²) >= 11 is 1.59. The molecule has 0 aliphatic carbocycles. The molecule has 0 aliphatic rings. The molecule has 0 atom stereocenters. The van der Waals surface area contributed by atoms with Crippen LogP contribution in [0.2, 0.25) is 0 Å². The van der Waals surface area contributed by atoms with Gasteiger partial charge in [0, 0.05) is 17.0 Å². The lowest BCUT2D eigenvalue weighted by Gasteiger charge is -2.21. The Kier molecular flexibility index (Phi) is 7.74. The SMILES string of the molecule is CSc1ccc(C(C)(C)C)cc1NC(=O)c1ccc(C)c(-n2cc(C(=O)NCC(C)(C)C)nn2)c1. The molecule has 0 unspecified atom stereocenters. The second-order valence-corrected chi connectivity index (χ2v) is 11.8.